The molecule has 4 atom stereocenters. The highest BCUT2D eigenvalue weighted by Crippen LogP contribution is 2.57. The van der Waals surface area contributed by atoms with Gasteiger partial charge < -0.3 is 26.1 Å². The number of aliphatic hydroxyl groups is 1. The van der Waals surface area contributed by atoms with Crippen LogP contribution in [-0.2, 0) is 37.6 Å². The van der Waals surface area contributed by atoms with Crippen LogP contribution in [0.25, 0.3) is 0 Å². The monoisotopic (exact) mass is 573 g/mol. The highest BCUT2D eigenvalue weighted by Gasteiger charge is 2.58. The molecule has 0 bridgehead atoms. The zero-order valence-corrected chi connectivity index (χ0v) is 25.7. The van der Waals surface area contributed by atoms with E-state index in [1.807, 2.05) is 6.07 Å². The summed E-state index contributed by atoms with van der Waals surface area (Å²) >= 11 is 0. The molecule has 2 fully saturated rings. The van der Waals surface area contributed by atoms with Crippen molar-refractivity contribution in [1.29, 1.82) is 0 Å². The number of hydrogen-bond donors (Lipinski definition) is 3. The molecule has 0 aromatic heterocycles. The molecule has 1 aromatic rings. The van der Waals surface area contributed by atoms with Gasteiger partial charge in [-0.3, -0.25) is 9.59 Å². The van der Waals surface area contributed by atoms with E-state index in [1.165, 1.54) is 0 Å². The second-order valence-electron chi connectivity index (χ2n) is 12.4. The highest BCUT2D eigenvalue weighted by atomic mass is 16.7. The molecule has 1 saturated carbocycles. The summed E-state index contributed by atoms with van der Waals surface area (Å²) in [6, 6.07) is 4.15. The van der Waals surface area contributed by atoms with Crippen molar-refractivity contribution in [2.45, 2.75) is 123 Å². The van der Waals surface area contributed by atoms with Crippen LogP contribution in [0.1, 0.15) is 116 Å². The van der Waals surface area contributed by atoms with Crippen LogP contribution < -0.4 is 16.2 Å². The Morgan fingerprint density at radius 2 is 1.78 bits per heavy atom. The third kappa shape index (κ3) is 6.78. The number of hydroxylamine groups is 2. The molecular formula is C32H51N3O6. The van der Waals surface area contributed by atoms with Gasteiger partial charge in [0.05, 0.1) is 5.54 Å². The summed E-state index contributed by atoms with van der Waals surface area (Å²) in [6.45, 7) is 10.2. The van der Waals surface area contributed by atoms with Gasteiger partial charge in [0.25, 0.3) is 11.8 Å². The number of amides is 2. The molecule has 2 amide bonds. The summed E-state index contributed by atoms with van der Waals surface area (Å²) in [4.78, 5) is 41.8. The lowest BCUT2D eigenvalue weighted by Gasteiger charge is -2.59. The van der Waals surface area contributed by atoms with Crippen molar-refractivity contribution in [1.82, 2.24) is 5.06 Å². The molecule has 9 nitrogen and oxygen atoms in total. The van der Waals surface area contributed by atoms with Crippen LogP contribution >= 0.6 is 0 Å². The van der Waals surface area contributed by atoms with Crippen LogP contribution in [0.15, 0.2) is 12.1 Å². The average molecular weight is 574 g/mol. The lowest BCUT2D eigenvalue weighted by Crippen LogP contribution is -2.69. The molecule has 41 heavy (non-hydrogen) atoms. The first-order valence-corrected chi connectivity index (χ1v) is 15.5. The van der Waals surface area contributed by atoms with Gasteiger partial charge in [0.1, 0.15) is 5.75 Å². The van der Waals surface area contributed by atoms with Gasteiger partial charge in [0.15, 0.2) is 6.61 Å². The van der Waals surface area contributed by atoms with Gasteiger partial charge in [-0.05, 0) is 73.5 Å². The first kappa shape index (κ1) is 33.0. The number of aliphatic hydroxyl groups excluding tert-OH is 1. The number of nitrogens with two attached hydrogens (primary N) is 2. The second-order valence-corrected chi connectivity index (χ2v) is 12.4. The van der Waals surface area contributed by atoms with Crippen molar-refractivity contribution in [2.75, 3.05) is 13.2 Å². The number of unbranched alkanes of at least 4 members (excludes halogenated alkanes) is 2. The first-order chi connectivity index (χ1) is 19.4. The van der Waals surface area contributed by atoms with E-state index in [0.29, 0.717) is 48.8 Å². The third-order valence-electron chi connectivity index (χ3n) is 9.66. The van der Waals surface area contributed by atoms with Gasteiger partial charge in [0, 0.05) is 30.6 Å². The van der Waals surface area contributed by atoms with Crippen LogP contribution in [0.4, 0.5) is 0 Å². The van der Waals surface area contributed by atoms with E-state index in [4.69, 9.17) is 21.0 Å². The fourth-order valence-corrected chi connectivity index (χ4v) is 7.09. The quantitative estimate of drug-likeness (QED) is 0.219. The number of imide groups is 1. The maximum absolute atomic E-state index is 12.8. The normalized spacial score (nSPS) is 28.3. The average Bonchev–Trinajstić information content (AvgIpc) is 3.25. The number of aryl methyl sites for hydroxylation is 2. The molecule has 1 aromatic carbocycles. The van der Waals surface area contributed by atoms with Crippen LogP contribution in [0.3, 0.4) is 0 Å². The summed E-state index contributed by atoms with van der Waals surface area (Å²) in [6.07, 6.45) is 8.28. The molecule has 3 rings (SSSR count). The summed E-state index contributed by atoms with van der Waals surface area (Å²) in [5, 5.41) is 10.6. The highest BCUT2D eigenvalue weighted by molar-refractivity contribution is 6.01. The van der Waals surface area contributed by atoms with E-state index in [2.05, 4.69) is 40.7 Å². The lowest BCUT2D eigenvalue weighted by atomic mass is 9.50. The summed E-state index contributed by atoms with van der Waals surface area (Å²) in [7, 11) is 0. The molecule has 9 heteroatoms. The molecule has 1 heterocycles. The van der Waals surface area contributed by atoms with Gasteiger partial charge in [-0.25, -0.2) is 4.79 Å². The SMILES string of the molecule is CCCCCc1cc(CC)c([C@]2(N)CC(C)(CCO)C(CC)C[C@@]2(N)CC)c(OCC(=O)ON2C(=O)CCC2=O)c1. The van der Waals surface area contributed by atoms with E-state index >= 15 is 0 Å². The molecule has 1 aliphatic carbocycles. The minimum Gasteiger partial charge on any atom is -0.481 e. The number of carbonyl (C=O) groups is 3. The van der Waals surface area contributed by atoms with Crippen molar-refractivity contribution in [3.8, 4) is 5.75 Å². The Morgan fingerprint density at radius 1 is 1.10 bits per heavy atom. The molecule has 2 aliphatic rings. The smallest absolute Gasteiger partial charge is 0.370 e. The molecule has 2 unspecified atom stereocenters. The van der Waals surface area contributed by atoms with Gasteiger partial charge in [-0.1, -0.05) is 59.9 Å². The summed E-state index contributed by atoms with van der Waals surface area (Å²) in [5.41, 5.74) is 15.7. The number of hydrogen-bond acceptors (Lipinski definition) is 8. The van der Waals surface area contributed by atoms with Crippen molar-refractivity contribution >= 4 is 17.8 Å². The van der Waals surface area contributed by atoms with E-state index in [9.17, 15) is 19.5 Å². The topological polar surface area (TPSA) is 145 Å². The Hall–Kier alpha value is -2.49. The van der Waals surface area contributed by atoms with Crippen LogP contribution in [-0.4, -0.2) is 46.7 Å². The van der Waals surface area contributed by atoms with E-state index in [0.717, 1.165) is 48.8 Å². The van der Waals surface area contributed by atoms with Gasteiger partial charge in [-0.15, -0.1) is 5.06 Å². The zero-order chi connectivity index (χ0) is 30.4. The molecular weight excluding hydrogens is 522 g/mol. The maximum atomic E-state index is 12.8. The molecule has 0 spiro atoms. The predicted molar refractivity (Wildman–Crippen MR) is 158 cm³/mol. The Kier molecular flexibility index (Phi) is 11.0. The molecule has 1 saturated heterocycles. The second kappa shape index (κ2) is 13.7. The van der Waals surface area contributed by atoms with E-state index in [1.54, 1.807) is 0 Å². The number of nitrogens with zero attached hydrogens (tertiary/aromatic N) is 1. The predicted octanol–water partition coefficient (Wildman–Crippen LogP) is 4.44. The zero-order valence-electron chi connectivity index (χ0n) is 25.7. The van der Waals surface area contributed by atoms with E-state index in [-0.39, 0.29) is 24.9 Å². The van der Waals surface area contributed by atoms with Crippen LogP contribution in [0, 0.1) is 11.3 Å². The van der Waals surface area contributed by atoms with Crippen molar-refractivity contribution < 1.29 is 29.1 Å². The number of ether oxygens (including phenoxy) is 1. The minimum absolute atomic E-state index is 0.0213. The van der Waals surface area contributed by atoms with Crippen LogP contribution in [0.2, 0.25) is 0 Å². The van der Waals surface area contributed by atoms with E-state index < -0.39 is 35.5 Å². The standard InChI is InChI=1S/C32H51N3O6/c1-6-10-11-12-22-17-23(7-2)29(25(18-22)40-20-28(39)41-35-26(37)13-14-27(35)38)32(34)21-30(5,15-16-36)24(8-3)19-31(32,33)9-4/h17-18,24,36H,6-16,19-21,33-34H2,1-5H3/t24?,30?,31-,32+/m0/s1. The van der Waals surface area contributed by atoms with Gasteiger partial charge in [0.2, 0.25) is 0 Å². The lowest BCUT2D eigenvalue weighted by molar-refractivity contribution is -0.198. The third-order valence-corrected chi connectivity index (χ3v) is 9.66. The first-order valence-electron chi connectivity index (χ1n) is 15.5. The fraction of sp³-hybridized carbons (Fsp3) is 0.719. The number of benzene rings is 1. The van der Waals surface area contributed by atoms with Crippen molar-refractivity contribution in [2.24, 2.45) is 22.8 Å². The summed E-state index contributed by atoms with van der Waals surface area (Å²) < 4.78 is 6.20. The van der Waals surface area contributed by atoms with Gasteiger partial charge >= 0.3 is 5.97 Å². The van der Waals surface area contributed by atoms with Crippen molar-refractivity contribution in [3.63, 3.8) is 0 Å². The minimum atomic E-state index is -0.995. The Bertz CT molecular complexity index is 1090. The van der Waals surface area contributed by atoms with Crippen LogP contribution in [0.5, 0.6) is 5.75 Å². The van der Waals surface area contributed by atoms with Crippen molar-refractivity contribution in [3.05, 3.63) is 28.8 Å². The fourth-order valence-electron chi connectivity index (χ4n) is 7.09. The summed E-state index contributed by atoms with van der Waals surface area (Å²) in [5.74, 6) is -1.14. The number of carbonyl (C=O) groups excluding carboxylic acids is 3. The number of rotatable bonds is 14. The Morgan fingerprint density at radius 3 is 2.34 bits per heavy atom. The van der Waals surface area contributed by atoms with Gasteiger partial charge in [-0.2, -0.15) is 0 Å². The Labute approximate surface area is 245 Å². The maximum Gasteiger partial charge on any atom is 0.370 e. The Balaban J connectivity index is 2.08. The molecule has 1 aliphatic heterocycles. The molecule has 0 radical (unpaired) electrons. The molecule has 230 valence electrons. The largest absolute Gasteiger partial charge is 0.481 e. The molecule has 5 N–H and O–H groups in total.